The maximum atomic E-state index is 14.1. The number of halogens is 1. The van der Waals surface area contributed by atoms with E-state index in [4.69, 9.17) is 9.15 Å². The van der Waals surface area contributed by atoms with E-state index < -0.39 is 17.7 Å². The minimum Gasteiger partial charge on any atom is -0.507 e. The van der Waals surface area contributed by atoms with Crippen LogP contribution in [-0.2, 0) is 21.9 Å². The lowest BCUT2D eigenvalue weighted by Crippen LogP contribution is -2.29. The quantitative estimate of drug-likeness (QED) is 0.0618. The summed E-state index contributed by atoms with van der Waals surface area (Å²) < 4.78 is 26.0. The van der Waals surface area contributed by atoms with Gasteiger partial charge in [0.05, 0.1) is 11.8 Å². The van der Waals surface area contributed by atoms with Crippen LogP contribution in [0.15, 0.2) is 106 Å². The molecule has 43 heavy (non-hydrogen) atoms. The number of ketones is 1. The average Bonchev–Trinajstić information content (AvgIpc) is 3.76. The summed E-state index contributed by atoms with van der Waals surface area (Å²) in [5, 5.41) is 19.8. The Morgan fingerprint density at radius 3 is 2.60 bits per heavy atom. The molecule has 0 radical (unpaired) electrons. The first-order chi connectivity index (χ1) is 20.9. The zero-order chi connectivity index (χ0) is 29.9. The van der Waals surface area contributed by atoms with Crippen molar-refractivity contribution in [2.75, 3.05) is 4.90 Å². The minimum absolute atomic E-state index is 0.135. The molecule has 0 aliphatic carbocycles. The van der Waals surface area contributed by atoms with Crippen molar-refractivity contribution in [3.63, 3.8) is 0 Å². The van der Waals surface area contributed by atoms with Crippen molar-refractivity contribution >= 4 is 45.7 Å². The summed E-state index contributed by atoms with van der Waals surface area (Å²) in [6, 6.07) is 23.2. The molecular formula is C32H24FN3O5S2. The summed E-state index contributed by atoms with van der Waals surface area (Å²) in [4.78, 5) is 27.9. The van der Waals surface area contributed by atoms with E-state index in [0.29, 0.717) is 33.6 Å². The van der Waals surface area contributed by atoms with Crippen LogP contribution in [0.5, 0.6) is 5.75 Å². The molecule has 0 saturated carbocycles. The van der Waals surface area contributed by atoms with Gasteiger partial charge >= 0.3 is 5.91 Å². The number of thioether (sulfide) groups is 1. The molecule has 1 aliphatic rings. The third-order valence-electron chi connectivity index (χ3n) is 6.78. The van der Waals surface area contributed by atoms with Crippen LogP contribution < -0.4 is 9.64 Å². The maximum Gasteiger partial charge on any atom is 0.302 e. The molecule has 1 unspecified atom stereocenters. The van der Waals surface area contributed by atoms with E-state index in [9.17, 15) is 19.1 Å². The molecule has 8 nitrogen and oxygen atoms in total. The first kappa shape index (κ1) is 28.4. The first-order valence-corrected chi connectivity index (χ1v) is 15.0. The number of anilines is 1. The lowest BCUT2D eigenvalue weighted by molar-refractivity contribution is -0.132. The fourth-order valence-corrected chi connectivity index (χ4v) is 6.55. The van der Waals surface area contributed by atoms with Gasteiger partial charge in [0.15, 0.2) is 4.34 Å². The lowest BCUT2D eigenvalue weighted by atomic mass is 9.99. The predicted octanol–water partition coefficient (Wildman–Crippen LogP) is 7.08. The smallest absolute Gasteiger partial charge is 0.302 e. The lowest BCUT2D eigenvalue weighted by Gasteiger charge is -2.20. The molecule has 6 rings (SSSR count). The molecule has 11 heteroatoms. The number of aryl methyl sites for hydroxylation is 1. The molecular weight excluding hydrogens is 590 g/mol. The number of amides is 1. The van der Waals surface area contributed by atoms with E-state index in [1.165, 1.54) is 29.0 Å². The number of Topliss-reactive ketones (excluding diaryl/α,β-unsaturated/α-hetero) is 1. The average molecular weight is 614 g/mol. The molecule has 1 aliphatic heterocycles. The number of aromatic nitrogens is 2. The molecule has 3 aromatic carbocycles. The van der Waals surface area contributed by atoms with Crippen LogP contribution in [0.2, 0.25) is 0 Å². The summed E-state index contributed by atoms with van der Waals surface area (Å²) in [5.74, 6) is -1.27. The molecule has 1 saturated heterocycles. The fourth-order valence-electron chi connectivity index (χ4n) is 4.69. The number of hydrogen-bond acceptors (Lipinski definition) is 9. The van der Waals surface area contributed by atoms with E-state index in [-0.39, 0.29) is 28.0 Å². The molecule has 3 heterocycles. The molecule has 1 fully saturated rings. The van der Waals surface area contributed by atoms with Gasteiger partial charge in [-0.15, -0.1) is 10.2 Å². The van der Waals surface area contributed by atoms with Crippen molar-refractivity contribution in [3.05, 3.63) is 131 Å². The zero-order valence-electron chi connectivity index (χ0n) is 22.8. The third-order valence-corrected chi connectivity index (χ3v) is 8.89. The normalized spacial score (nSPS) is 16.1. The molecule has 1 amide bonds. The Hall–Kier alpha value is -4.74. The van der Waals surface area contributed by atoms with Gasteiger partial charge in [-0.1, -0.05) is 71.1 Å². The van der Waals surface area contributed by atoms with Crippen molar-refractivity contribution in [2.24, 2.45) is 0 Å². The number of benzene rings is 3. The topological polar surface area (TPSA) is 106 Å². The van der Waals surface area contributed by atoms with E-state index in [1.807, 2.05) is 31.2 Å². The molecule has 216 valence electrons. The molecule has 1 N–H and O–H groups in total. The second-order valence-corrected chi connectivity index (χ2v) is 11.9. The van der Waals surface area contributed by atoms with Crippen LogP contribution in [0.3, 0.4) is 0 Å². The molecule has 0 bridgehead atoms. The minimum atomic E-state index is -1.07. The number of hydrogen-bond donors (Lipinski definition) is 1. The summed E-state index contributed by atoms with van der Waals surface area (Å²) in [7, 11) is 0. The van der Waals surface area contributed by atoms with E-state index in [0.717, 1.165) is 22.5 Å². The van der Waals surface area contributed by atoms with Gasteiger partial charge in [0.1, 0.15) is 35.7 Å². The Morgan fingerprint density at radius 2 is 1.86 bits per heavy atom. The van der Waals surface area contributed by atoms with Crippen LogP contribution in [0.25, 0.3) is 5.76 Å². The van der Waals surface area contributed by atoms with Crippen LogP contribution in [0.4, 0.5) is 9.52 Å². The van der Waals surface area contributed by atoms with E-state index in [1.54, 1.807) is 54.6 Å². The van der Waals surface area contributed by atoms with Gasteiger partial charge in [0, 0.05) is 11.3 Å². The summed E-state index contributed by atoms with van der Waals surface area (Å²) in [5.41, 5.74) is 2.86. The van der Waals surface area contributed by atoms with Crippen LogP contribution >= 0.6 is 23.1 Å². The summed E-state index contributed by atoms with van der Waals surface area (Å²) in [6.45, 7) is 2.39. The maximum absolute atomic E-state index is 14.1. The van der Waals surface area contributed by atoms with Crippen molar-refractivity contribution in [1.29, 1.82) is 0 Å². The van der Waals surface area contributed by atoms with Gasteiger partial charge in [0.2, 0.25) is 5.13 Å². The Morgan fingerprint density at radius 1 is 1.05 bits per heavy atom. The number of rotatable bonds is 9. The Balaban J connectivity index is 1.26. The SMILES string of the molecule is Cc1cccc(COc2ccc(/C(O)=C3\C(=O)C(=O)N(c4nnc(SCc5ccccc5F)s4)C3c3ccco3)cc2)c1. The van der Waals surface area contributed by atoms with E-state index >= 15 is 0 Å². The second kappa shape index (κ2) is 12.2. The van der Waals surface area contributed by atoms with Crippen LogP contribution in [0, 0.1) is 12.7 Å². The first-order valence-electron chi connectivity index (χ1n) is 13.2. The van der Waals surface area contributed by atoms with Gasteiger partial charge in [-0.2, -0.15) is 0 Å². The second-order valence-electron chi connectivity index (χ2n) is 9.72. The highest BCUT2D eigenvalue weighted by Gasteiger charge is 2.49. The molecule has 5 aromatic rings. The number of furan rings is 1. The van der Waals surface area contributed by atoms with Gasteiger partial charge in [-0.05, 0) is 60.5 Å². The monoisotopic (exact) mass is 613 g/mol. The summed E-state index contributed by atoms with van der Waals surface area (Å²) >= 11 is 2.35. The van der Waals surface area contributed by atoms with Crippen LogP contribution in [0.1, 0.15) is 34.1 Å². The molecule has 0 spiro atoms. The highest BCUT2D eigenvalue weighted by molar-refractivity contribution is 8.00. The number of ether oxygens (including phenoxy) is 1. The van der Waals surface area contributed by atoms with Crippen LogP contribution in [-0.4, -0.2) is 27.0 Å². The van der Waals surface area contributed by atoms with Gasteiger partial charge in [-0.25, -0.2) is 4.39 Å². The number of aliphatic hydroxyl groups excluding tert-OH is 1. The van der Waals surface area contributed by atoms with E-state index in [2.05, 4.69) is 10.2 Å². The van der Waals surface area contributed by atoms with Crippen molar-refractivity contribution in [2.45, 2.75) is 29.7 Å². The molecule has 1 atom stereocenters. The zero-order valence-corrected chi connectivity index (χ0v) is 24.4. The fraction of sp³-hybridized carbons (Fsp3) is 0.125. The number of carbonyl (C=O) groups is 2. The molecule has 2 aromatic heterocycles. The third kappa shape index (κ3) is 5.95. The van der Waals surface area contributed by atoms with Crippen molar-refractivity contribution in [1.82, 2.24) is 10.2 Å². The van der Waals surface area contributed by atoms with Crippen molar-refractivity contribution < 1.29 is 28.2 Å². The predicted molar refractivity (Wildman–Crippen MR) is 161 cm³/mol. The standard InChI is InChI=1S/C32H24FN3O5S2/c1-19-6-4-7-20(16-19)17-41-23-13-11-21(12-14-23)28(37)26-27(25-10-5-15-40-25)36(30(39)29(26)38)31-34-35-32(43-31)42-18-22-8-2-3-9-24(22)33/h2-16,27,37H,17-18H2,1H3/b28-26+. The van der Waals surface area contributed by atoms with Crippen molar-refractivity contribution in [3.8, 4) is 5.75 Å². The highest BCUT2D eigenvalue weighted by Crippen LogP contribution is 2.44. The van der Waals surface area contributed by atoms with Gasteiger partial charge in [0.25, 0.3) is 5.78 Å². The summed E-state index contributed by atoms with van der Waals surface area (Å²) in [6.07, 6.45) is 1.42. The largest absolute Gasteiger partial charge is 0.507 e. The number of nitrogens with zero attached hydrogens (tertiary/aromatic N) is 3. The Kier molecular flexibility index (Phi) is 8.08. The highest BCUT2D eigenvalue weighted by atomic mass is 32.2. The number of aliphatic hydroxyl groups is 1. The van der Waals surface area contributed by atoms with Gasteiger partial charge < -0.3 is 14.3 Å². The number of carbonyl (C=O) groups excluding carboxylic acids is 2. The van der Waals surface area contributed by atoms with Gasteiger partial charge in [-0.3, -0.25) is 14.5 Å². The Bertz CT molecular complexity index is 1820. The Labute approximate surface area is 254 Å².